The Labute approximate surface area is 119 Å². The molecule has 98 valence electrons. The van der Waals surface area contributed by atoms with Crippen LogP contribution in [0.2, 0.25) is 0 Å². The first kappa shape index (κ1) is 12.5. The molecular formula is C18H16N2. The highest BCUT2D eigenvalue weighted by Gasteiger charge is 2.09. The van der Waals surface area contributed by atoms with Crippen molar-refractivity contribution in [2.75, 3.05) is 7.05 Å². The number of fused-ring (bicyclic) bond motifs is 1. The number of hydrogen-bond donors (Lipinski definition) is 0. The zero-order chi connectivity index (χ0) is 14.1. The van der Waals surface area contributed by atoms with Gasteiger partial charge in [0.15, 0.2) is 0 Å². The lowest BCUT2D eigenvalue weighted by atomic mass is 10.0. The molecule has 0 amide bonds. The number of benzene rings is 1. The summed E-state index contributed by atoms with van der Waals surface area (Å²) in [5.41, 5.74) is 8.50. The van der Waals surface area contributed by atoms with Gasteiger partial charge in [0.2, 0.25) is 0 Å². The third-order valence-corrected chi connectivity index (χ3v) is 3.61. The SMILES string of the molecule is C=C=C1C=CC(c2ccc3c(C)ccnc3c2)=CN1C. The van der Waals surface area contributed by atoms with Crippen LogP contribution in [0.3, 0.4) is 0 Å². The second-order valence-electron chi connectivity index (χ2n) is 4.95. The molecule has 0 fully saturated rings. The molecule has 0 bridgehead atoms. The van der Waals surface area contributed by atoms with Gasteiger partial charge in [0.1, 0.15) is 0 Å². The summed E-state index contributed by atoms with van der Waals surface area (Å²) < 4.78 is 0. The third kappa shape index (κ3) is 2.07. The molecule has 2 nitrogen and oxygen atoms in total. The van der Waals surface area contributed by atoms with Gasteiger partial charge in [-0.05, 0) is 41.8 Å². The predicted octanol–water partition coefficient (Wildman–Crippen LogP) is 4.05. The maximum Gasteiger partial charge on any atom is 0.0831 e. The summed E-state index contributed by atoms with van der Waals surface area (Å²) in [4.78, 5) is 6.48. The molecule has 0 radical (unpaired) electrons. The zero-order valence-electron chi connectivity index (χ0n) is 11.7. The molecular weight excluding hydrogens is 244 g/mol. The molecule has 3 rings (SSSR count). The van der Waals surface area contributed by atoms with Crippen molar-refractivity contribution < 1.29 is 0 Å². The van der Waals surface area contributed by atoms with Crippen molar-refractivity contribution in [3.8, 4) is 0 Å². The standard InChI is InChI=1S/C18H16N2/c1-4-16-7-5-15(12-20(16)3)14-6-8-17-13(2)9-10-19-18(17)11-14/h5-12H,1H2,2-3H3. The van der Waals surface area contributed by atoms with Crippen LogP contribution in [0.5, 0.6) is 0 Å². The number of rotatable bonds is 1. The van der Waals surface area contributed by atoms with Gasteiger partial charge >= 0.3 is 0 Å². The molecule has 0 N–H and O–H groups in total. The van der Waals surface area contributed by atoms with Crippen LogP contribution in [0, 0.1) is 6.92 Å². The van der Waals surface area contributed by atoms with Crippen molar-refractivity contribution in [2.45, 2.75) is 6.92 Å². The second-order valence-corrected chi connectivity index (χ2v) is 4.95. The summed E-state index contributed by atoms with van der Waals surface area (Å²) >= 11 is 0. The molecule has 0 aliphatic carbocycles. The lowest BCUT2D eigenvalue weighted by molar-refractivity contribution is 0.588. The number of aryl methyl sites for hydroxylation is 1. The quantitative estimate of drug-likeness (QED) is 0.719. The van der Waals surface area contributed by atoms with E-state index in [0.717, 1.165) is 16.8 Å². The molecule has 0 saturated carbocycles. The van der Waals surface area contributed by atoms with Gasteiger partial charge < -0.3 is 4.90 Å². The zero-order valence-corrected chi connectivity index (χ0v) is 11.7. The average molecular weight is 260 g/mol. The number of allylic oxidation sites excluding steroid dienone is 3. The van der Waals surface area contributed by atoms with Crippen LogP contribution >= 0.6 is 0 Å². The molecule has 0 spiro atoms. The molecule has 1 aromatic carbocycles. The highest BCUT2D eigenvalue weighted by atomic mass is 15.1. The van der Waals surface area contributed by atoms with Crippen LogP contribution in [-0.4, -0.2) is 16.9 Å². The van der Waals surface area contributed by atoms with Crippen molar-refractivity contribution in [3.63, 3.8) is 0 Å². The number of aromatic nitrogens is 1. The van der Waals surface area contributed by atoms with E-state index in [4.69, 9.17) is 0 Å². The van der Waals surface area contributed by atoms with E-state index in [1.54, 1.807) is 0 Å². The summed E-state index contributed by atoms with van der Waals surface area (Å²) in [5, 5.41) is 1.21. The Morgan fingerprint density at radius 2 is 2.05 bits per heavy atom. The predicted molar refractivity (Wildman–Crippen MR) is 84.0 cm³/mol. The van der Waals surface area contributed by atoms with Crippen molar-refractivity contribution in [1.82, 2.24) is 9.88 Å². The van der Waals surface area contributed by atoms with E-state index in [1.165, 1.54) is 16.5 Å². The van der Waals surface area contributed by atoms with Gasteiger partial charge in [0.05, 0.1) is 11.2 Å². The Bertz CT molecular complexity index is 790. The van der Waals surface area contributed by atoms with E-state index in [9.17, 15) is 0 Å². The molecule has 20 heavy (non-hydrogen) atoms. The van der Waals surface area contributed by atoms with Crippen molar-refractivity contribution in [1.29, 1.82) is 0 Å². The minimum atomic E-state index is 0.975. The van der Waals surface area contributed by atoms with Gasteiger partial charge in [-0.1, -0.05) is 24.8 Å². The highest BCUT2D eigenvalue weighted by Crippen LogP contribution is 2.26. The molecule has 2 aromatic rings. The summed E-state index contributed by atoms with van der Waals surface area (Å²) in [6, 6.07) is 8.45. The minimum Gasteiger partial charge on any atom is -0.344 e. The van der Waals surface area contributed by atoms with E-state index < -0.39 is 0 Å². The number of pyridine rings is 1. The lowest BCUT2D eigenvalue weighted by Gasteiger charge is -2.20. The van der Waals surface area contributed by atoms with Gasteiger partial charge in [-0.3, -0.25) is 4.98 Å². The molecule has 2 heterocycles. The fourth-order valence-corrected chi connectivity index (χ4v) is 2.43. The largest absolute Gasteiger partial charge is 0.344 e. The van der Waals surface area contributed by atoms with Gasteiger partial charge in [0.25, 0.3) is 0 Å². The van der Waals surface area contributed by atoms with Gasteiger partial charge in [-0.2, -0.15) is 0 Å². The smallest absolute Gasteiger partial charge is 0.0831 e. The molecule has 1 aromatic heterocycles. The maximum absolute atomic E-state index is 4.46. The summed E-state index contributed by atoms with van der Waals surface area (Å²) in [6.45, 7) is 5.80. The van der Waals surface area contributed by atoms with E-state index in [2.05, 4.69) is 54.7 Å². The van der Waals surface area contributed by atoms with Crippen LogP contribution < -0.4 is 0 Å². The monoisotopic (exact) mass is 260 g/mol. The Kier molecular flexibility index (Phi) is 3.02. The molecule has 1 aliphatic heterocycles. The summed E-state index contributed by atoms with van der Waals surface area (Å²) in [6.07, 6.45) is 8.06. The third-order valence-electron chi connectivity index (χ3n) is 3.61. The first-order valence-electron chi connectivity index (χ1n) is 6.57. The Balaban J connectivity index is 2.08. The normalized spacial score (nSPS) is 14.4. The van der Waals surface area contributed by atoms with Crippen LogP contribution in [0.25, 0.3) is 16.5 Å². The van der Waals surface area contributed by atoms with Gasteiger partial charge in [-0.25, -0.2) is 0 Å². The van der Waals surface area contributed by atoms with Crippen LogP contribution in [-0.2, 0) is 0 Å². The van der Waals surface area contributed by atoms with E-state index in [0.29, 0.717) is 0 Å². The Morgan fingerprint density at radius 3 is 2.80 bits per heavy atom. The molecule has 1 aliphatic rings. The van der Waals surface area contributed by atoms with Crippen LogP contribution in [0.15, 0.2) is 66.8 Å². The maximum atomic E-state index is 4.46. The summed E-state index contributed by atoms with van der Waals surface area (Å²) in [5.74, 6) is 0. The topological polar surface area (TPSA) is 16.1 Å². The molecule has 0 saturated heterocycles. The fraction of sp³-hybridized carbons (Fsp3) is 0.111. The van der Waals surface area contributed by atoms with E-state index in [1.807, 2.05) is 30.3 Å². The number of likely N-dealkylation sites (N-methyl/N-ethyl adjacent to an activating group) is 1. The molecule has 2 heteroatoms. The van der Waals surface area contributed by atoms with E-state index >= 15 is 0 Å². The van der Waals surface area contributed by atoms with Crippen molar-refractivity contribution in [2.24, 2.45) is 0 Å². The Morgan fingerprint density at radius 1 is 1.20 bits per heavy atom. The number of nitrogens with zero attached hydrogens (tertiary/aromatic N) is 2. The fourth-order valence-electron chi connectivity index (χ4n) is 2.43. The van der Waals surface area contributed by atoms with Crippen LogP contribution in [0.1, 0.15) is 11.1 Å². The van der Waals surface area contributed by atoms with E-state index in [-0.39, 0.29) is 0 Å². The van der Waals surface area contributed by atoms with Gasteiger partial charge in [-0.15, -0.1) is 5.73 Å². The van der Waals surface area contributed by atoms with Crippen molar-refractivity contribution in [3.05, 3.63) is 77.9 Å². The average Bonchev–Trinajstić information content (AvgIpc) is 2.47. The molecule has 0 unspecified atom stereocenters. The van der Waals surface area contributed by atoms with Gasteiger partial charge in [0, 0.05) is 24.8 Å². The first-order valence-corrected chi connectivity index (χ1v) is 6.57. The summed E-state index contributed by atoms with van der Waals surface area (Å²) in [7, 11) is 2.00. The number of hydrogen-bond acceptors (Lipinski definition) is 2. The molecule has 0 atom stereocenters. The Hall–Kier alpha value is -2.57. The lowest BCUT2D eigenvalue weighted by Crippen LogP contribution is -2.11. The van der Waals surface area contributed by atoms with Crippen LogP contribution in [0.4, 0.5) is 0 Å². The highest BCUT2D eigenvalue weighted by molar-refractivity contribution is 5.87. The second kappa shape index (κ2) is 4.84. The first-order chi connectivity index (χ1) is 9.69. The van der Waals surface area contributed by atoms with Crippen molar-refractivity contribution >= 4 is 16.5 Å². The minimum absolute atomic E-state index is 0.975.